The number of nitrogens with two attached hydrogens (primary N) is 2. The quantitative estimate of drug-likeness (QED) is 0.173. The number of hydrogen-bond donors (Lipinski definition) is 3. The predicted molar refractivity (Wildman–Crippen MR) is 210 cm³/mol. The number of amides is 4. The van der Waals surface area contributed by atoms with Crippen molar-refractivity contribution in [3.8, 4) is 0 Å². The highest BCUT2D eigenvalue weighted by molar-refractivity contribution is 6.62. The molecule has 4 aromatic rings. The molecule has 0 saturated carbocycles. The van der Waals surface area contributed by atoms with Crippen LogP contribution in [0.4, 0.5) is 9.59 Å². The van der Waals surface area contributed by atoms with Crippen LogP contribution in [0.25, 0.3) is 0 Å². The molecule has 2 spiro atoms. The molecule has 292 valence electrons. The zero-order valence-electron chi connectivity index (χ0n) is 30.4. The Morgan fingerprint density at radius 3 is 1.58 bits per heavy atom. The molecule has 4 aliphatic heterocycles. The highest BCUT2D eigenvalue weighted by Crippen LogP contribution is 2.41. The van der Waals surface area contributed by atoms with Crippen molar-refractivity contribution in [3.05, 3.63) is 106 Å². The lowest BCUT2D eigenvalue weighted by Gasteiger charge is -2.24. The summed E-state index contributed by atoms with van der Waals surface area (Å²) < 4.78 is 1.21. The first kappa shape index (κ1) is 40.2. The van der Waals surface area contributed by atoms with Gasteiger partial charge in [0.15, 0.2) is 0 Å². The van der Waals surface area contributed by atoms with E-state index < -0.39 is 11.8 Å². The number of aromatic nitrogens is 4. The summed E-state index contributed by atoms with van der Waals surface area (Å²) in [4.78, 5) is 53.9. The van der Waals surface area contributed by atoms with Crippen molar-refractivity contribution < 1.29 is 19.2 Å². The molecule has 55 heavy (non-hydrogen) atoms. The molecule has 0 radical (unpaired) electrons. The van der Waals surface area contributed by atoms with Crippen LogP contribution >= 0.6 is 34.8 Å². The van der Waals surface area contributed by atoms with Crippen LogP contribution in [-0.4, -0.2) is 115 Å². The van der Waals surface area contributed by atoms with Crippen LogP contribution in [0, 0.1) is 10.8 Å². The minimum Gasteiger partial charge on any atom is -0.366 e. The van der Waals surface area contributed by atoms with E-state index in [-0.39, 0.29) is 27.8 Å². The molecule has 5 N–H and O–H groups in total. The molecule has 4 saturated heterocycles. The Labute approximate surface area is 334 Å². The fourth-order valence-corrected chi connectivity index (χ4v) is 8.35. The molecule has 4 aliphatic rings. The van der Waals surface area contributed by atoms with Gasteiger partial charge in [0.25, 0.3) is 11.8 Å². The molecule has 8 rings (SSSR count). The lowest BCUT2D eigenvalue weighted by atomic mass is 9.86. The molecule has 17 heteroatoms. The molecule has 0 aliphatic carbocycles. The number of benzene rings is 2. The molecular weight excluding hydrogens is 767 g/mol. The van der Waals surface area contributed by atoms with Gasteiger partial charge >= 0.3 is 11.4 Å². The zero-order valence-corrected chi connectivity index (χ0v) is 32.6. The summed E-state index contributed by atoms with van der Waals surface area (Å²) in [6.07, 6.45) is 9.84. The molecule has 4 fully saturated rings. The first-order valence-electron chi connectivity index (χ1n) is 18.1. The number of primary amides is 2. The van der Waals surface area contributed by atoms with Gasteiger partial charge in [0, 0.05) is 85.6 Å². The average Bonchev–Trinajstić information content (AvgIpc) is 4.02. The molecule has 4 amide bonds. The van der Waals surface area contributed by atoms with Gasteiger partial charge in [-0.15, -0.1) is 0 Å². The van der Waals surface area contributed by atoms with Crippen LogP contribution in [0.1, 0.15) is 57.5 Å². The maximum absolute atomic E-state index is 12.7. The van der Waals surface area contributed by atoms with E-state index in [1.165, 1.54) is 40.6 Å². The third kappa shape index (κ3) is 10.4. The second-order valence-corrected chi connectivity index (χ2v) is 16.1. The summed E-state index contributed by atoms with van der Waals surface area (Å²) in [7, 11) is 0. The van der Waals surface area contributed by atoms with Crippen molar-refractivity contribution in [2.45, 2.75) is 38.8 Å². The maximum Gasteiger partial charge on any atom is 0.344 e. The van der Waals surface area contributed by atoms with Gasteiger partial charge in [-0.25, -0.2) is 4.79 Å². The number of likely N-dealkylation sites (tertiary alicyclic amines) is 4. The predicted octanol–water partition coefficient (Wildman–Crippen LogP) is 5.31. The molecule has 2 unspecified atom stereocenters. The Morgan fingerprint density at radius 1 is 0.673 bits per heavy atom. The van der Waals surface area contributed by atoms with Gasteiger partial charge in [-0.3, -0.25) is 29.3 Å². The normalized spacial score (nSPS) is 22.1. The molecular formula is C38H45Cl3N10O4. The number of carbonyl (C=O) groups is 4. The fraction of sp³-hybridized carbons (Fsp3) is 0.421. The Balaban J connectivity index is 0.000000160. The number of hydrogen-bond acceptors (Lipinski definition) is 8. The van der Waals surface area contributed by atoms with Crippen LogP contribution < -0.4 is 11.5 Å². The zero-order chi connectivity index (χ0) is 39.2. The molecule has 0 bridgehead atoms. The van der Waals surface area contributed by atoms with Gasteiger partial charge < -0.3 is 21.3 Å². The Hall–Kier alpha value is -4.47. The van der Waals surface area contributed by atoms with Crippen molar-refractivity contribution >= 4 is 58.0 Å². The number of carbonyl (C=O) groups excluding carboxylic acids is 4. The van der Waals surface area contributed by atoms with E-state index in [1.54, 1.807) is 4.90 Å². The maximum atomic E-state index is 12.7. The number of aromatic amines is 1. The van der Waals surface area contributed by atoms with Crippen LogP contribution in [0.5, 0.6) is 0 Å². The monoisotopic (exact) mass is 810 g/mol. The molecule has 2 atom stereocenters. The van der Waals surface area contributed by atoms with E-state index in [2.05, 4.69) is 49.4 Å². The third-order valence-electron chi connectivity index (χ3n) is 10.9. The molecule has 6 heterocycles. The lowest BCUT2D eigenvalue weighted by molar-refractivity contribution is 0.0992. The summed E-state index contributed by atoms with van der Waals surface area (Å²) in [5, 5.41) is 11.2. The van der Waals surface area contributed by atoms with E-state index in [4.69, 9.17) is 46.3 Å². The smallest absolute Gasteiger partial charge is 0.344 e. The summed E-state index contributed by atoms with van der Waals surface area (Å²) in [6, 6.07) is 15.8. The van der Waals surface area contributed by atoms with Gasteiger partial charge in [0.2, 0.25) is 0 Å². The first-order chi connectivity index (χ1) is 26.3. The van der Waals surface area contributed by atoms with E-state index in [0.717, 1.165) is 88.1 Å². The number of H-pyrrole nitrogens is 1. The first-order valence-corrected chi connectivity index (χ1v) is 19.2. The molecule has 14 nitrogen and oxygen atoms in total. The Morgan fingerprint density at radius 2 is 1.16 bits per heavy atom. The van der Waals surface area contributed by atoms with Crippen molar-refractivity contribution in [2.75, 3.05) is 52.4 Å². The van der Waals surface area contributed by atoms with Crippen LogP contribution in [0.15, 0.2) is 73.3 Å². The average molecular weight is 812 g/mol. The second kappa shape index (κ2) is 17.5. The largest absolute Gasteiger partial charge is 0.366 e. The van der Waals surface area contributed by atoms with Crippen LogP contribution in [0.2, 0.25) is 10.0 Å². The number of rotatable bonds is 6. The van der Waals surface area contributed by atoms with E-state index in [9.17, 15) is 19.2 Å². The van der Waals surface area contributed by atoms with Crippen LogP contribution in [-0.2, 0) is 13.1 Å². The molecule has 2 aromatic heterocycles. The van der Waals surface area contributed by atoms with Crippen molar-refractivity contribution in [1.82, 2.24) is 39.6 Å². The highest BCUT2D eigenvalue weighted by Gasteiger charge is 2.46. The summed E-state index contributed by atoms with van der Waals surface area (Å²) >= 11 is 17.5. The van der Waals surface area contributed by atoms with E-state index >= 15 is 0 Å². The number of nitrogens with zero attached hydrogens (tertiary/aromatic N) is 7. The van der Waals surface area contributed by atoms with E-state index in [1.807, 2.05) is 29.2 Å². The van der Waals surface area contributed by atoms with Gasteiger partial charge in [0.05, 0.1) is 23.5 Å². The minimum atomic E-state index is -0.583. The minimum absolute atomic E-state index is 0.141. The van der Waals surface area contributed by atoms with Gasteiger partial charge in [-0.2, -0.15) is 14.9 Å². The Kier molecular flexibility index (Phi) is 12.8. The number of halogens is 3. The van der Waals surface area contributed by atoms with E-state index in [0.29, 0.717) is 18.7 Å². The third-order valence-corrected chi connectivity index (χ3v) is 11.7. The summed E-state index contributed by atoms with van der Waals surface area (Å²) in [5.41, 5.74) is 13.7. The van der Waals surface area contributed by atoms with Crippen molar-refractivity contribution in [3.63, 3.8) is 0 Å². The second-order valence-electron chi connectivity index (χ2n) is 14.9. The number of nitrogens with one attached hydrogen (secondary N) is 1. The van der Waals surface area contributed by atoms with Gasteiger partial charge in [0.1, 0.15) is 0 Å². The Bertz CT molecular complexity index is 1960. The standard InChI is InChI=1S/C19H22ClN5O2.C15H18Cl2N2O.C4H5N3O/c20-16-3-1-14(2-4-16)10-23-7-5-19(12-23)6-8-24(13-19)18(27)25-11-15(9-22-25)17(21)26;16-13-3-1-12(2-4-13)9-18-7-5-15(10-18)6-8-19(11-15)14(17)20;5-4(8)3-1-6-7-2-3/h1-4,9,11H,5-8,10,12-13H2,(H2,21,26);1-4H,5-11H2;1-2H,(H2,5,8)(H,6,7). The van der Waals surface area contributed by atoms with Gasteiger partial charge in [-0.05, 0) is 85.8 Å². The summed E-state index contributed by atoms with van der Waals surface area (Å²) in [6.45, 7) is 9.03. The lowest BCUT2D eigenvalue weighted by Crippen LogP contribution is -2.36. The SMILES string of the molecule is NC(=O)c1cn[nH]c1.NC(=O)c1cnn(C(=O)N2CCC3(CCN(Cc4ccc(Cl)cc4)C3)C2)c1.O=C(Cl)N1CCC2(CCN(Cc3ccc(Cl)cc3)C2)C1. The topological polar surface area (TPSA) is 180 Å². The molecule has 2 aromatic carbocycles. The fourth-order valence-electron chi connectivity index (χ4n) is 7.96. The van der Waals surface area contributed by atoms with Gasteiger partial charge in [-0.1, -0.05) is 47.5 Å². The summed E-state index contributed by atoms with van der Waals surface area (Å²) in [5.74, 6) is -1.04. The van der Waals surface area contributed by atoms with Crippen molar-refractivity contribution in [2.24, 2.45) is 22.3 Å². The van der Waals surface area contributed by atoms with Crippen molar-refractivity contribution in [1.29, 1.82) is 0 Å². The highest BCUT2D eigenvalue weighted by atomic mass is 35.5. The van der Waals surface area contributed by atoms with Crippen LogP contribution in [0.3, 0.4) is 0 Å².